The Morgan fingerprint density at radius 1 is 1.12 bits per heavy atom. The van der Waals surface area contributed by atoms with Crippen LogP contribution in [0.5, 0.6) is 0 Å². The normalized spacial score (nSPS) is 39.6. The average Bonchev–Trinajstić information content (AvgIpc) is 3.12. The molecule has 7 atom stereocenters. The number of carbonyl (C=O) groups excluding carboxylic acids is 2. The molecule has 3 aliphatic carbocycles. The number of hydrogen-bond acceptors (Lipinski definition) is 2. The Kier molecular flexibility index (Phi) is 5.87. The largest absolute Gasteiger partial charge is 0.352 e. The van der Waals surface area contributed by atoms with E-state index in [0.717, 1.165) is 18.4 Å². The highest BCUT2D eigenvalue weighted by molar-refractivity contribution is 6.31. The summed E-state index contributed by atoms with van der Waals surface area (Å²) in [6.45, 7) is 5.35. The Morgan fingerprint density at radius 3 is 2.70 bits per heavy atom. The zero-order valence-electron chi connectivity index (χ0n) is 20.1. The molecule has 0 saturated heterocycles. The molecule has 5 heteroatoms. The van der Waals surface area contributed by atoms with Gasteiger partial charge in [-0.2, -0.15) is 0 Å². The summed E-state index contributed by atoms with van der Waals surface area (Å²) in [4.78, 5) is 27.2. The number of hydrogen-bond donors (Lipinski definition) is 1. The van der Waals surface area contributed by atoms with Crippen molar-refractivity contribution in [2.75, 3.05) is 7.05 Å². The molecule has 1 aromatic carbocycles. The number of halogens is 1. The van der Waals surface area contributed by atoms with Crippen molar-refractivity contribution in [3.8, 4) is 0 Å². The van der Waals surface area contributed by atoms with E-state index in [0.29, 0.717) is 47.7 Å². The van der Waals surface area contributed by atoms with Crippen molar-refractivity contribution in [1.82, 2.24) is 10.2 Å². The van der Waals surface area contributed by atoms with Gasteiger partial charge in [0, 0.05) is 36.5 Å². The van der Waals surface area contributed by atoms with Crippen molar-refractivity contribution >= 4 is 23.4 Å². The molecule has 0 bridgehead atoms. The van der Waals surface area contributed by atoms with E-state index < -0.39 is 0 Å². The number of fused-ring (bicyclic) bond motifs is 5. The van der Waals surface area contributed by atoms with E-state index in [4.69, 9.17) is 11.6 Å². The van der Waals surface area contributed by atoms with E-state index in [1.165, 1.54) is 25.7 Å². The maximum atomic E-state index is 12.9. The van der Waals surface area contributed by atoms with Gasteiger partial charge in [-0.3, -0.25) is 9.59 Å². The minimum Gasteiger partial charge on any atom is -0.352 e. The SMILES string of the molecule is CN1C(=O)C=C[C@]2(C)C3CC[C@@]4(C)C(CC[C@@H]4CC(=O)NCc4ccccc4Cl)C3CCC12. The highest BCUT2D eigenvalue weighted by Crippen LogP contribution is 2.65. The van der Waals surface area contributed by atoms with Crippen LogP contribution in [0.3, 0.4) is 0 Å². The van der Waals surface area contributed by atoms with Crippen LogP contribution in [-0.4, -0.2) is 29.8 Å². The van der Waals surface area contributed by atoms with Crippen LogP contribution in [0.25, 0.3) is 0 Å². The molecule has 3 fully saturated rings. The molecule has 1 heterocycles. The molecule has 4 unspecified atom stereocenters. The van der Waals surface area contributed by atoms with E-state index in [1.807, 2.05) is 42.3 Å². The third kappa shape index (κ3) is 3.73. The molecule has 3 saturated carbocycles. The summed E-state index contributed by atoms with van der Waals surface area (Å²) < 4.78 is 0. The first-order chi connectivity index (χ1) is 15.7. The second kappa shape index (κ2) is 8.45. The van der Waals surface area contributed by atoms with Gasteiger partial charge in [-0.1, -0.05) is 49.7 Å². The Balaban J connectivity index is 1.27. The van der Waals surface area contributed by atoms with Crippen LogP contribution in [0, 0.1) is 34.5 Å². The molecule has 0 radical (unpaired) electrons. The zero-order chi connectivity index (χ0) is 23.4. The first-order valence-corrected chi connectivity index (χ1v) is 13.1. The highest BCUT2D eigenvalue weighted by Gasteiger charge is 2.60. The second-order valence-electron chi connectivity index (χ2n) is 11.5. The van der Waals surface area contributed by atoms with E-state index in [2.05, 4.69) is 25.2 Å². The Bertz CT molecular complexity index is 976. The van der Waals surface area contributed by atoms with Crippen LogP contribution in [0.4, 0.5) is 0 Å². The van der Waals surface area contributed by atoms with Crippen molar-refractivity contribution in [1.29, 1.82) is 0 Å². The summed E-state index contributed by atoms with van der Waals surface area (Å²) in [5.74, 6) is 2.77. The second-order valence-corrected chi connectivity index (χ2v) is 11.9. The predicted octanol–water partition coefficient (Wildman–Crippen LogP) is 5.60. The average molecular weight is 469 g/mol. The zero-order valence-corrected chi connectivity index (χ0v) is 20.9. The van der Waals surface area contributed by atoms with Crippen molar-refractivity contribution in [2.45, 2.75) is 71.4 Å². The lowest BCUT2D eigenvalue weighted by Gasteiger charge is -2.60. The Hall–Kier alpha value is -1.81. The van der Waals surface area contributed by atoms with Crippen molar-refractivity contribution in [3.63, 3.8) is 0 Å². The van der Waals surface area contributed by atoms with Crippen LogP contribution in [-0.2, 0) is 16.1 Å². The number of nitrogens with one attached hydrogen (secondary N) is 1. The van der Waals surface area contributed by atoms with Crippen LogP contribution >= 0.6 is 11.6 Å². The third-order valence-electron chi connectivity index (χ3n) is 10.2. The number of carbonyl (C=O) groups is 2. The highest BCUT2D eigenvalue weighted by atomic mass is 35.5. The van der Waals surface area contributed by atoms with Crippen molar-refractivity contribution in [3.05, 3.63) is 47.0 Å². The molecule has 5 rings (SSSR count). The molecule has 1 aliphatic heterocycles. The number of benzene rings is 1. The summed E-state index contributed by atoms with van der Waals surface area (Å²) in [6, 6.07) is 8.04. The molecule has 1 aromatic rings. The molecule has 4 nitrogen and oxygen atoms in total. The van der Waals surface area contributed by atoms with E-state index >= 15 is 0 Å². The van der Waals surface area contributed by atoms with Crippen molar-refractivity contribution < 1.29 is 9.59 Å². The molecule has 33 heavy (non-hydrogen) atoms. The minimum atomic E-state index is 0.0807. The Morgan fingerprint density at radius 2 is 1.91 bits per heavy atom. The number of amides is 2. The summed E-state index contributed by atoms with van der Waals surface area (Å²) in [7, 11) is 1.98. The van der Waals surface area contributed by atoms with Gasteiger partial charge in [0.25, 0.3) is 0 Å². The van der Waals surface area contributed by atoms with Gasteiger partial charge in [0.15, 0.2) is 0 Å². The van der Waals surface area contributed by atoms with Gasteiger partial charge >= 0.3 is 0 Å². The van der Waals surface area contributed by atoms with E-state index in [-0.39, 0.29) is 22.6 Å². The summed E-state index contributed by atoms with van der Waals surface area (Å²) in [5, 5.41) is 3.82. The van der Waals surface area contributed by atoms with Gasteiger partial charge in [-0.25, -0.2) is 0 Å². The lowest BCUT2D eigenvalue weighted by atomic mass is 9.47. The lowest BCUT2D eigenvalue weighted by Crippen LogP contribution is -2.59. The lowest BCUT2D eigenvalue weighted by molar-refractivity contribution is -0.139. The number of rotatable bonds is 4. The van der Waals surface area contributed by atoms with Gasteiger partial charge < -0.3 is 10.2 Å². The topological polar surface area (TPSA) is 49.4 Å². The Labute approximate surface area is 203 Å². The van der Waals surface area contributed by atoms with Crippen LogP contribution < -0.4 is 5.32 Å². The standard InChI is InChI=1S/C28H37ClN2O2/c1-27-14-12-22-20(9-11-24-28(22,2)15-13-26(33)31(24)3)21(27)10-8-19(27)16-25(32)30-17-18-6-4-5-7-23(18)29/h4-7,13,15,19-22,24H,8-12,14,16-17H2,1-3H3,(H,30,32)/t19-,20?,21?,22?,24?,27-,28-/m1/s1. The molecular weight excluding hydrogens is 432 g/mol. The molecular formula is C28H37ClN2O2. The quantitative estimate of drug-likeness (QED) is 0.625. The summed E-state index contributed by atoms with van der Waals surface area (Å²) in [6.07, 6.45) is 11.8. The minimum absolute atomic E-state index is 0.0807. The van der Waals surface area contributed by atoms with Gasteiger partial charge in [0.1, 0.15) is 0 Å². The fourth-order valence-electron chi connectivity index (χ4n) is 8.31. The molecule has 4 aliphatic rings. The molecule has 0 spiro atoms. The van der Waals surface area contributed by atoms with Gasteiger partial charge in [-0.05, 0) is 85.3 Å². The maximum Gasteiger partial charge on any atom is 0.246 e. The van der Waals surface area contributed by atoms with Crippen LogP contribution in [0.15, 0.2) is 36.4 Å². The summed E-state index contributed by atoms with van der Waals surface area (Å²) >= 11 is 6.26. The number of likely N-dealkylation sites (N-methyl/N-ethyl adjacent to an activating group) is 1. The van der Waals surface area contributed by atoms with Crippen LogP contribution in [0.1, 0.15) is 64.4 Å². The third-order valence-corrected chi connectivity index (χ3v) is 10.6. The summed E-state index contributed by atoms with van der Waals surface area (Å²) in [5.41, 5.74) is 1.29. The van der Waals surface area contributed by atoms with E-state index in [1.54, 1.807) is 0 Å². The first-order valence-electron chi connectivity index (χ1n) is 12.7. The van der Waals surface area contributed by atoms with E-state index in [9.17, 15) is 9.59 Å². The van der Waals surface area contributed by atoms with Crippen molar-refractivity contribution in [2.24, 2.45) is 34.5 Å². The molecule has 1 N–H and O–H groups in total. The van der Waals surface area contributed by atoms with Gasteiger partial charge in [-0.15, -0.1) is 0 Å². The maximum absolute atomic E-state index is 12.9. The van der Waals surface area contributed by atoms with Gasteiger partial charge in [0.05, 0.1) is 0 Å². The van der Waals surface area contributed by atoms with Gasteiger partial charge in [0.2, 0.25) is 11.8 Å². The predicted molar refractivity (Wildman–Crippen MR) is 131 cm³/mol. The number of nitrogens with zero attached hydrogens (tertiary/aromatic N) is 1. The molecule has 0 aromatic heterocycles. The smallest absolute Gasteiger partial charge is 0.246 e. The molecule has 178 valence electrons. The fraction of sp³-hybridized carbons (Fsp3) is 0.643. The molecule has 2 amide bonds. The fourth-order valence-corrected chi connectivity index (χ4v) is 8.52. The monoisotopic (exact) mass is 468 g/mol. The van der Waals surface area contributed by atoms with Crippen LogP contribution in [0.2, 0.25) is 5.02 Å². The first kappa shape index (κ1) is 23.0.